The van der Waals surface area contributed by atoms with Crippen molar-refractivity contribution in [2.24, 2.45) is 0 Å². The highest BCUT2D eigenvalue weighted by Crippen LogP contribution is 2.40. The molecular formula is C22H24FN5O2. The van der Waals surface area contributed by atoms with Crippen LogP contribution in [0, 0.1) is 19.8 Å². The molecule has 0 radical (unpaired) electrons. The van der Waals surface area contributed by atoms with E-state index in [0.717, 1.165) is 24.8 Å². The zero-order valence-electron chi connectivity index (χ0n) is 17.3. The molecule has 30 heavy (non-hydrogen) atoms. The molecule has 1 aliphatic carbocycles. The topological polar surface area (TPSA) is 84.2 Å². The lowest BCUT2D eigenvalue weighted by Crippen LogP contribution is -2.29. The zero-order valence-corrected chi connectivity index (χ0v) is 17.3. The summed E-state index contributed by atoms with van der Waals surface area (Å²) < 4.78 is 19.5. The molecule has 1 saturated heterocycles. The number of aryl methyl sites for hydroxylation is 2. The maximum absolute atomic E-state index is 13.7. The first-order valence-corrected chi connectivity index (χ1v) is 10.3. The van der Waals surface area contributed by atoms with E-state index in [1.54, 1.807) is 11.8 Å². The van der Waals surface area contributed by atoms with E-state index in [9.17, 15) is 9.18 Å². The highest BCUT2D eigenvalue weighted by atomic mass is 19.1. The van der Waals surface area contributed by atoms with Gasteiger partial charge in [-0.25, -0.2) is 15.0 Å². The molecule has 2 aliphatic rings. The van der Waals surface area contributed by atoms with E-state index < -0.39 is 5.95 Å². The van der Waals surface area contributed by atoms with Crippen molar-refractivity contribution in [3.05, 3.63) is 47.0 Å². The molecule has 4 heterocycles. The van der Waals surface area contributed by atoms with Crippen molar-refractivity contribution in [1.82, 2.24) is 19.9 Å². The van der Waals surface area contributed by atoms with Gasteiger partial charge in [-0.2, -0.15) is 4.39 Å². The molecule has 1 saturated carbocycles. The summed E-state index contributed by atoms with van der Waals surface area (Å²) in [4.78, 5) is 27.9. The second-order valence-corrected chi connectivity index (χ2v) is 8.75. The third-order valence-corrected chi connectivity index (χ3v) is 6.15. The second kappa shape index (κ2) is 6.75. The van der Waals surface area contributed by atoms with Gasteiger partial charge in [-0.1, -0.05) is 0 Å². The smallest absolute Gasteiger partial charge is 0.258 e. The van der Waals surface area contributed by atoms with Gasteiger partial charge in [0.2, 0.25) is 11.7 Å². The maximum atomic E-state index is 13.7. The minimum absolute atomic E-state index is 0.00638. The summed E-state index contributed by atoms with van der Waals surface area (Å²) >= 11 is 0. The van der Waals surface area contributed by atoms with Gasteiger partial charge in [-0.15, -0.1) is 0 Å². The Morgan fingerprint density at radius 3 is 2.83 bits per heavy atom. The first-order chi connectivity index (χ1) is 14.3. The monoisotopic (exact) mass is 409 g/mol. The maximum Gasteiger partial charge on any atom is 0.258 e. The van der Waals surface area contributed by atoms with Gasteiger partial charge in [0, 0.05) is 30.2 Å². The Bertz CT molecular complexity index is 1130. The molecule has 0 spiro atoms. The predicted octanol–water partition coefficient (Wildman–Crippen LogP) is 3.97. The van der Waals surface area contributed by atoms with Gasteiger partial charge in [0.05, 0.1) is 10.9 Å². The molecule has 1 unspecified atom stereocenters. The van der Waals surface area contributed by atoms with E-state index in [4.69, 9.17) is 4.42 Å². The Kier molecular flexibility index (Phi) is 4.27. The number of aromatic nitrogens is 3. The average molecular weight is 409 g/mol. The number of amides is 1. The van der Waals surface area contributed by atoms with Crippen molar-refractivity contribution in [2.75, 3.05) is 18.4 Å². The van der Waals surface area contributed by atoms with E-state index in [1.165, 1.54) is 12.4 Å². The van der Waals surface area contributed by atoms with Crippen LogP contribution < -0.4 is 5.32 Å². The molecule has 7 nitrogen and oxygen atoms in total. The van der Waals surface area contributed by atoms with Crippen molar-refractivity contribution < 1.29 is 13.6 Å². The van der Waals surface area contributed by atoms with Crippen LogP contribution in [0.25, 0.3) is 11.1 Å². The van der Waals surface area contributed by atoms with Gasteiger partial charge >= 0.3 is 0 Å². The van der Waals surface area contributed by atoms with Crippen molar-refractivity contribution in [1.29, 1.82) is 0 Å². The number of anilines is 1. The lowest BCUT2D eigenvalue weighted by atomic mass is 10.0. The van der Waals surface area contributed by atoms with E-state index in [0.29, 0.717) is 47.0 Å². The highest BCUT2D eigenvalue weighted by molar-refractivity contribution is 6.10. The molecule has 8 heteroatoms. The molecule has 3 aromatic rings. The summed E-state index contributed by atoms with van der Waals surface area (Å²) in [6.45, 7) is 6.84. The Morgan fingerprint density at radius 2 is 2.10 bits per heavy atom. The van der Waals surface area contributed by atoms with Crippen LogP contribution in [0.15, 0.2) is 22.9 Å². The number of rotatable bonds is 4. The predicted molar refractivity (Wildman–Crippen MR) is 110 cm³/mol. The summed E-state index contributed by atoms with van der Waals surface area (Å²) in [5.41, 5.74) is 2.45. The van der Waals surface area contributed by atoms with Gasteiger partial charge in [-0.05, 0) is 57.7 Å². The van der Waals surface area contributed by atoms with Gasteiger partial charge in [0.1, 0.15) is 17.9 Å². The second-order valence-electron chi connectivity index (χ2n) is 8.75. The van der Waals surface area contributed by atoms with Gasteiger partial charge < -0.3 is 14.6 Å². The van der Waals surface area contributed by atoms with Crippen LogP contribution in [0.4, 0.5) is 10.2 Å². The van der Waals surface area contributed by atoms with Crippen molar-refractivity contribution in [3.63, 3.8) is 0 Å². The Hall–Kier alpha value is -3.03. The molecule has 156 valence electrons. The molecule has 1 aliphatic heterocycles. The van der Waals surface area contributed by atoms with Crippen LogP contribution in [0.2, 0.25) is 0 Å². The number of carbonyl (C=O) groups is 1. The normalized spacial score (nSPS) is 20.0. The lowest BCUT2D eigenvalue weighted by Gasteiger charge is -2.18. The van der Waals surface area contributed by atoms with E-state index in [1.807, 2.05) is 13.0 Å². The Balaban J connectivity index is 1.46. The fourth-order valence-corrected chi connectivity index (χ4v) is 4.20. The van der Waals surface area contributed by atoms with Gasteiger partial charge in [-0.3, -0.25) is 4.79 Å². The number of nitrogens with zero attached hydrogens (tertiary/aromatic N) is 4. The van der Waals surface area contributed by atoms with Gasteiger partial charge in [0.25, 0.3) is 5.91 Å². The third kappa shape index (κ3) is 3.30. The lowest BCUT2D eigenvalue weighted by molar-refractivity contribution is 0.0790. The number of hydrogen-bond donors (Lipinski definition) is 1. The number of fused-ring (bicyclic) bond motifs is 1. The summed E-state index contributed by atoms with van der Waals surface area (Å²) in [6, 6.07) is 3.31. The Morgan fingerprint density at radius 1 is 1.30 bits per heavy atom. The number of pyridine rings is 1. The quantitative estimate of drug-likeness (QED) is 0.657. The number of furan rings is 1. The van der Waals surface area contributed by atoms with E-state index in [2.05, 4.69) is 27.2 Å². The van der Waals surface area contributed by atoms with Gasteiger partial charge in [0.15, 0.2) is 0 Å². The van der Waals surface area contributed by atoms with Crippen LogP contribution >= 0.6 is 0 Å². The Labute approximate surface area is 173 Å². The molecule has 1 amide bonds. The van der Waals surface area contributed by atoms with Crippen LogP contribution in [0.3, 0.4) is 0 Å². The largest absolute Gasteiger partial charge is 0.442 e. The SMILES string of the molecule is Cc1cc(F)nc(C2CCN(C(=O)c3c(C)oc4ncnc(NC5(C)CC5)c34)C2)c1. The van der Waals surface area contributed by atoms with Crippen LogP contribution in [0.5, 0.6) is 0 Å². The van der Waals surface area contributed by atoms with E-state index >= 15 is 0 Å². The van der Waals surface area contributed by atoms with Crippen LogP contribution in [-0.2, 0) is 0 Å². The summed E-state index contributed by atoms with van der Waals surface area (Å²) in [5.74, 6) is 0.593. The number of nitrogens with one attached hydrogen (secondary N) is 1. The summed E-state index contributed by atoms with van der Waals surface area (Å²) in [5, 5.41) is 4.08. The number of halogens is 1. The van der Waals surface area contributed by atoms with Crippen LogP contribution in [0.1, 0.15) is 59.5 Å². The summed E-state index contributed by atoms with van der Waals surface area (Å²) in [7, 11) is 0. The average Bonchev–Trinajstić information content (AvgIpc) is 3.10. The molecular weight excluding hydrogens is 385 g/mol. The van der Waals surface area contributed by atoms with E-state index in [-0.39, 0.29) is 17.4 Å². The molecule has 0 bridgehead atoms. The standard InChI is InChI=1S/C22H24FN5O2/c1-12-8-15(26-16(23)9-12)14-4-7-28(10-14)21(29)17-13(2)30-20-18(17)19(24-11-25-20)27-22(3)5-6-22/h8-9,11,14H,4-7,10H2,1-3H3,(H,24,25,27). The molecule has 1 atom stereocenters. The highest BCUT2D eigenvalue weighted by Gasteiger charge is 2.39. The molecule has 5 rings (SSSR count). The number of carbonyl (C=O) groups excluding carboxylic acids is 1. The molecule has 2 fully saturated rings. The first kappa shape index (κ1) is 19.0. The van der Waals surface area contributed by atoms with Crippen molar-refractivity contribution in [2.45, 2.75) is 51.5 Å². The van der Waals surface area contributed by atoms with Crippen molar-refractivity contribution in [3.8, 4) is 0 Å². The minimum Gasteiger partial charge on any atom is -0.442 e. The fraction of sp³-hybridized carbons (Fsp3) is 0.455. The van der Waals surface area contributed by atoms with Crippen LogP contribution in [-0.4, -0.2) is 44.4 Å². The molecule has 3 aromatic heterocycles. The third-order valence-electron chi connectivity index (χ3n) is 6.15. The minimum atomic E-state index is -0.479. The zero-order chi connectivity index (χ0) is 21.0. The number of hydrogen-bond acceptors (Lipinski definition) is 6. The number of likely N-dealkylation sites (tertiary alicyclic amines) is 1. The molecule has 1 N–H and O–H groups in total. The molecule has 0 aromatic carbocycles. The summed E-state index contributed by atoms with van der Waals surface area (Å²) in [6.07, 6.45) is 4.33. The van der Waals surface area contributed by atoms with Crippen molar-refractivity contribution >= 4 is 22.8 Å². The fourth-order valence-electron chi connectivity index (χ4n) is 4.20. The first-order valence-electron chi connectivity index (χ1n) is 10.3.